The highest BCUT2D eigenvalue weighted by Crippen LogP contribution is 2.25. The molecule has 14 heavy (non-hydrogen) atoms. The van der Waals surface area contributed by atoms with Gasteiger partial charge in [-0.2, -0.15) is 5.10 Å². The monoisotopic (exact) mass is 207 g/mol. The van der Waals surface area contributed by atoms with Crippen LogP contribution < -0.4 is 5.73 Å². The average molecular weight is 208 g/mol. The van der Waals surface area contributed by atoms with Crippen LogP contribution in [0.5, 0.6) is 0 Å². The minimum absolute atomic E-state index is 0.676. The van der Waals surface area contributed by atoms with Gasteiger partial charge in [0.1, 0.15) is 0 Å². The predicted molar refractivity (Wildman–Crippen MR) is 58.1 cm³/mol. The Bertz CT molecular complexity index is 425. The maximum atomic E-state index is 5.80. The second-order valence-corrected chi connectivity index (χ2v) is 3.52. The highest BCUT2D eigenvalue weighted by Gasteiger charge is 2.07. The molecule has 0 radical (unpaired) electrons. The van der Waals surface area contributed by atoms with Crippen LogP contribution in [-0.4, -0.2) is 9.78 Å². The molecule has 0 spiro atoms. The minimum Gasteiger partial charge on any atom is -0.396 e. The third-order valence-electron chi connectivity index (χ3n) is 2.08. The summed E-state index contributed by atoms with van der Waals surface area (Å²) in [5.41, 5.74) is 8.41. The lowest BCUT2D eigenvalue weighted by Crippen LogP contribution is -1.95. The Morgan fingerprint density at radius 2 is 1.93 bits per heavy atom. The van der Waals surface area contributed by atoms with Gasteiger partial charge in [0, 0.05) is 17.6 Å². The van der Waals surface area contributed by atoms with E-state index in [0.717, 1.165) is 16.3 Å². The van der Waals surface area contributed by atoms with Gasteiger partial charge in [0.15, 0.2) is 0 Å². The van der Waals surface area contributed by atoms with Crippen LogP contribution in [0.3, 0.4) is 0 Å². The zero-order valence-electron chi connectivity index (χ0n) is 7.74. The Balaban J connectivity index is 2.54. The van der Waals surface area contributed by atoms with Crippen LogP contribution >= 0.6 is 11.6 Å². The quantitative estimate of drug-likeness (QED) is 0.780. The maximum absolute atomic E-state index is 5.80. The van der Waals surface area contributed by atoms with E-state index in [-0.39, 0.29) is 0 Å². The summed E-state index contributed by atoms with van der Waals surface area (Å²) < 4.78 is 1.75. The van der Waals surface area contributed by atoms with Gasteiger partial charge in [-0.3, -0.25) is 4.68 Å². The van der Waals surface area contributed by atoms with Crippen molar-refractivity contribution in [3.8, 4) is 11.3 Å². The molecular formula is C10H10ClN3. The van der Waals surface area contributed by atoms with Crippen molar-refractivity contribution in [1.29, 1.82) is 0 Å². The number of nitrogens with two attached hydrogens (primary N) is 1. The molecule has 0 aliphatic rings. The summed E-state index contributed by atoms with van der Waals surface area (Å²) in [5, 5.41) is 4.79. The van der Waals surface area contributed by atoms with E-state index in [1.54, 1.807) is 10.9 Å². The van der Waals surface area contributed by atoms with Crippen molar-refractivity contribution in [2.75, 3.05) is 5.73 Å². The van der Waals surface area contributed by atoms with Gasteiger partial charge in [0.2, 0.25) is 0 Å². The summed E-state index contributed by atoms with van der Waals surface area (Å²) in [7, 11) is 1.86. The zero-order valence-corrected chi connectivity index (χ0v) is 8.49. The molecule has 2 aromatic rings. The number of halogens is 1. The summed E-state index contributed by atoms with van der Waals surface area (Å²) in [5.74, 6) is 0. The molecule has 72 valence electrons. The van der Waals surface area contributed by atoms with Crippen molar-refractivity contribution in [1.82, 2.24) is 9.78 Å². The average Bonchev–Trinajstić information content (AvgIpc) is 2.49. The molecule has 0 fully saturated rings. The Kier molecular flexibility index (Phi) is 2.17. The summed E-state index contributed by atoms with van der Waals surface area (Å²) >= 11 is 5.80. The summed E-state index contributed by atoms with van der Waals surface area (Å²) in [6.45, 7) is 0. The molecule has 4 heteroatoms. The van der Waals surface area contributed by atoms with E-state index in [9.17, 15) is 0 Å². The van der Waals surface area contributed by atoms with Crippen LogP contribution in [0.2, 0.25) is 5.02 Å². The molecule has 2 rings (SSSR count). The lowest BCUT2D eigenvalue weighted by Gasteiger charge is -2.03. The number of hydrogen-bond acceptors (Lipinski definition) is 2. The predicted octanol–water partition coefficient (Wildman–Crippen LogP) is 2.32. The molecule has 0 saturated heterocycles. The molecule has 0 unspecified atom stereocenters. The van der Waals surface area contributed by atoms with E-state index >= 15 is 0 Å². The molecule has 2 N–H and O–H groups in total. The van der Waals surface area contributed by atoms with E-state index < -0.39 is 0 Å². The van der Waals surface area contributed by atoms with E-state index in [2.05, 4.69) is 5.10 Å². The number of anilines is 1. The summed E-state index contributed by atoms with van der Waals surface area (Å²) in [6, 6.07) is 7.53. The first-order valence-electron chi connectivity index (χ1n) is 4.22. The Hall–Kier alpha value is -1.48. The van der Waals surface area contributed by atoms with Crippen LogP contribution in [0.15, 0.2) is 30.5 Å². The fourth-order valence-corrected chi connectivity index (χ4v) is 1.54. The van der Waals surface area contributed by atoms with E-state index in [1.807, 2.05) is 31.3 Å². The fraction of sp³-hybridized carbons (Fsp3) is 0.100. The molecule has 0 atom stereocenters. The van der Waals surface area contributed by atoms with E-state index in [0.29, 0.717) is 5.69 Å². The molecular weight excluding hydrogens is 198 g/mol. The molecule has 1 heterocycles. The number of nitrogen functional groups attached to an aromatic ring is 1. The molecule has 0 bridgehead atoms. The van der Waals surface area contributed by atoms with Gasteiger partial charge < -0.3 is 5.73 Å². The van der Waals surface area contributed by atoms with Gasteiger partial charge >= 0.3 is 0 Å². The van der Waals surface area contributed by atoms with Gasteiger partial charge in [-0.25, -0.2) is 0 Å². The number of rotatable bonds is 1. The highest BCUT2D eigenvalue weighted by molar-refractivity contribution is 6.30. The van der Waals surface area contributed by atoms with Crippen LogP contribution in [0.1, 0.15) is 0 Å². The second-order valence-electron chi connectivity index (χ2n) is 3.08. The molecule has 1 aromatic carbocycles. The van der Waals surface area contributed by atoms with Gasteiger partial charge in [0.05, 0.1) is 17.6 Å². The SMILES string of the molecule is Cn1ncc(N)c1-c1ccc(Cl)cc1. The van der Waals surface area contributed by atoms with Crippen LogP contribution in [0.25, 0.3) is 11.3 Å². The third kappa shape index (κ3) is 1.46. The summed E-state index contributed by atoms with van der Waals surface area (Å²) in [4.78, 5) is 0. The van der Waals surface area contributed by atoms with Gasteiger partial charge in [-0.05, 0) is 12.1 Å². The van der Waals surface area contributed by atoms with Gasteiger partial charge in [0.25, 0.3) is 0 Å². The van der Waals surface area contributed by atoms with Crippen molar-refractivity contribution in [2.24, 2.45) is 7.05 Å². The molecule has 0 aliphatic heterocycles. The number of aryl methyl sites for hydroxylation is 1. The standard InChI is InChI=1S/C10H10ClN3/c1-14-10(9(12)6-13-14)7-2-4-8(11)5-3-7/h2-6H,12H2,1H3. The van der Waals surface area contributed by atoms with Gasteiger partial charge in [-0.15, -0.1) is 0 Å². The largest absolute Gasteiger partial charge is 0.396 e. The lowest BCUT2D eigenvalue weighted by atomic mass is 10.1. The van der Waals surface area contributed by atoms with Gasteiger partial charge in [-0.1, -0.05) is 23.7 Å². The lowest BCUT2D eigenvalue weighted by molar-refractivity contribution is 0.776. The smallest absolute Gasteiger partial charge is 0.0908 e. The summed E-state index contributed by atoms with van der Waals surface area (Å²) in [6.07, 6.45) is 1.64. The normalized spacial score (nSPS) is 10.4. The number of hydrogen-bond donors (Lipinski definition) is 1. The van der Waals surface area contributed by atoms with Crippen molar-refractivity contribution in [2.45, 2.75) is 0 Å². The Morgan fingerprint density at radius 1 is 1.29 bits per heavy atom. The molecule has 3 nitrogen and oxygen atoms in total. The van der Waals surface area contributed by atoms with E-state index in [1.165, 1.54) is 0 Å². The Labute approximate surface area is 87.1 Å². The highest BCUT2D eigenvalue weighted by atomic mass is 35.5. The van der Waals surface area contributed by atoms with Crippen LogP contribution in [0, 0.1) is 0 Å². The molecule has 0 amide bonds. The van der Waals surface area contributed by atoms with Crippen LogP contribution in [-0.2, 0) is 7.05 Å². The van der Waals surface area contributed by atoms with Crippen molar-refractivity contribution < 1.29 is 0 Å². The van der Waals surface area contributed by atoms with Crippen molar-refractivity contribution in [3.63, 3.8) is 0 Å². The minimum atomic E-state index is 0.676. The molecule has 0 saturated carbocycles. The maximum Gasteiger partial charge on any atom is 0.0908 e. The Morgan fingerprint density at radius 3 is 2.43 bits per heavy atom. The van der Waals surface area contributed by atoms with Crippen LogP contribution in [0.4, 0.5) is 5.69 Å². The first-order chi connectivity index (χ1) is 6.68. The number of aromatic nitrogens is 2. The van der Waals surface area contributed by atoms with E-state index in [4.69, 9.17) is 17.3 Å². The fourth-order valence-electron chi connectivity index (χ4n) is 1.42. The van der Waals surface area contributed by atoms with Crippen molar-refractivity contribution in [3.05, 3.63) is 35.5 Å². The first kappa shape index (κ1) is 9.09. The third-order valence-corrected chi connectivity index (χ3v) is 2.34. The topological polar surface area (TPSA) is 43.8 Å². The molecule has 1 aromatic heterocycles. The number of benzene rings is 1. The first-order valence-corrected chi connectivity index (χ1v) is 4.59. The zero-order chi connectivity index (χ0) is 10.1. The molecule has 0 aliphatic carbocycles. The van der Waals surface area contributed by atoms with Crippen molar-refractivity contribution >= 4 is 17.3 Å². The number of nitrogens with zero attached hydrogens (tertiary/aromatic N) is 2. The second kappa shape index (κ2) is 3.35.